The highest BCUT2D eigenvalue weighted by Gasteiger charge is 2.09. The summed E-state index contributed by atoms with van der Waals surface area (Å²) < 4.78 is 34.1. The first-order chi connectivity index (χ1) is 13.0. The number of nitrogens with zero attached hydrogens (tertiary/aromatic N) is 2. The fourth-order valence-electron chi connectivity index (χ4n) is 2.19. The van der Waals surface area contributed by atoms with Gasteiger partial charge in [0.1, 0.15) is 23.9 Å². The normalized spacial score (nSPS) is 11.8. The van der Waals surface area contributed by atoms with Crippen molar-refractivity contribution in [1.82, 2.24) is 9.97 Å². The van der Waals surface area contributed by atoms with Gasteiger partial charge in [0.05, 0.1) is 24.3 Å². The topological polar surface area (TPSA) is 79.8 Å². The highest BCUT2D eigenvalue weighted by molar-refractivity contribution is 5.74. The van der Waals surface area contributed by atoms with E-state index in [1.165, 1.54) is 31.5 Å². The van der Waals surface area contributed by atoms with Gasteiger partial charge < -0.3 is 18.9 Å². The molecular formula is C19H17FN2O5. The van der Waals surface area contributed by atoms with Crippen molar-refractivity contribution in [1.29, 1.82) is 0 Å². The summed E-state index contributed by atoms with van der Waals surface area (Å²) in [7, 11) is 1.29. The minimum absolute atomic E-state index is 0.191. The minimum atomic E-state index is -0.623. The minimum Gasteiger partial charge on any atom is -0.467 e. The SMILES string of the molecule is COC(=O)COC(C)Oc1ccc(Oc2cnc3cc(F)ccc3n2)cc1. The molecule has 1 aromatic heterocycles. The number of halogens is 1. The Kier molecular flexibility index (Phi) is 5.77. The van der Waals surface area contributed by atoms with Crippen LogP contribution < -0.4 is 9.47 Å². The molecule has 7 nitrogen and oxygen atoms in total. The first-order valence-corrected chi connectivity index (χ1v) is 8.09. The van der Waals surface area contributed by atoms with E-state index in [0.717, 1.165) is 0 Å². The molecule has 27 heavy (non-hydrogen) atoms. The summed E-state index contributed by atoms with van der Waals surface area (Å²) in [5, 5.41) is 0. The van der Waals surface area contributed by atoms with Crippen molar-refractivity contribution in [2.45, 2.75) is 13.2 Å². The molecule has 0 radical (unpaired) electrons. The maximum absolute atomic E-state index is 13.2. The second-order valence-electron chi connectivity index (χ2n) is 5.49. The molecule has 0 saturated carbocycles. The quantitative estimate of drug-likeness (QED) is 0.464. The van der Waals surface area contributed by atoms with Gasteiger partial charge in [-0.1, -0.05) is 0 Å². The molecule has 140 valence electrons. The molecule has 0 fully saturated rings. The highest BCUT2D eigenvalue weighted by Crippen LogP contribution is 2.24. The summed E-state index contributed by atoms with van der Waals surface area (Å²) >= 11 is 0. The molecule has 8 heteroatoms. The van der Waals surface area contributed by atoms with Gasteiger partial charge in [-0.2, -0.15) is 0 Å². The Morgan fingerprint density at radius 3 is 2.59 bits per heavy atom. The van der Waals surface area contributed by atoms with E-state index in [4.69, 9.17) is 14.2 Å². The van der Waals surface area contributed by atoms with Crippen LogP contribution in [0.5, 0.6) is 17.4 Å². The molecule has 0 spiro atoms. The number of carbonyl (C=O) groups is 1. The van der Waals surface area contributed by atoms with Gasteiger partial charge in [-0.15, -0.1) is 0 Å². The van der Waals surface area contributed by atoms with E-state index in [1.54, 1.807) is 31.2 Å². The van der Waals surface area contributed by atoms with E-state index in [2.05, 4.69) is 14.7 Å². The Hall–Kier alpha value is -3.26. The zero-order valence-electron chi connectivity index (χ0n) is 14.7. The molecule has 1 unspecified atom stereocenters. The highest BCUT2D eigenvalue weighted by atomic mass is 19.1. The van der Waals surface area contributed by atoms with Crippen molar-refractivity contribution < 1.29 is 28.1 Å². The molecule has 1 heterocycles. The number of hydrogen-bond acceptors (Lipinski definition) is 7. The average molecular weight is 372 g/mol. The molecular weight excluding hydrogens is 355 g/mol. The lowest BCUT2D eigenvalue weighted by Gasteiger charge is -2.15. The van der Waals surface area contributed by atoms with Gasteiger partial charge in [0.25, 0.3) is 0 Å². The lowest BCUT2D eigenvalue weighted by Crippen LogP contribution is -2.21. The Morgan fingerprint density at radius 2 is 1.85 bits per heavy atom. The number of ether oxygens (including phenoxy) is 4. The average Bonchev–Trinajstić information content (AvgIpc) is 2.67. The smallest absolute Gasteiger partial charge is 0.331 e. The second-order valence-corrected chi connectivity index (χ2v) is 5.49. The molecule has 0 saturated heterocycles. The van der Waals surface area contributed by atoms with Crippen LogP contribution >= 0.6 is 0 Å². The predicted octanol–water partition coefficient (Wildman–Crippen LogP) is 3.48. The molecule has 0 aliphatic carbocycles. The van der Waals surface area contributed by atoms with Crippen LogP contribution in [0.3, 0.4) is 0 Å². The Morgan fingerprint density at radius 1 is 1.11 bits per heavy atom. The van der Waals surface area contributed by atoms with E-state index in [0.29, 0.717) is 22.5 Å². The molecule has 0 N–H and O–H groups in total. The first-order valence-electron chi connectivity index (χ1n) is 8.09. The van der Waals surface area contributed by atoms with Crippen LogP contribution in [-0.2, 0) is 14.3 Å². The largest absolute Gasteiger partial charge is 0.467 e. The van der Waals surface area contributed by atoms with Crippen LogP contribution in [-0.4, -0.2) is 35.9 Å². The van der Waals surface area contributed by atoms with Crippen LogP contribution in [0.25, 0.3) is 11.0 Å². The molecule has 0 aliphatic rings. The van der Waals surface area contributed by atoms with Crippen molar-refractivity contribution in [2.24, 2.45) is 0 Å². The molecule has 0 aliphatic heterocycles. The van der Waals surface area contributed by atoms with E-state index in [1.807, 2.05) is 0 Å². The van der Waals surface area contributed by atoms with E-state index in [-0.39, 0.29) is 18.3 Å². The number of carbonyl (C=O) groups excluding carboxylic acids is 1. The predicted molar refractivity (Wildman–Crippen MR) is 94.1 cm³/mol. The standard InChI is InChI=1S/C19H17FN2O5/c1-12(25-11-19(23)24-2)26-14-4-6-15(7-5-14)27-18-10-21-17-9-13(20)3-8-16(17)22-18/h3-10,12H,11H2,1-2H3. The van der Waals surface area contributed by atoms with E-state index >= 15 is 0 Å². The Balaban J connectivity index is 1.60. The summed E-state index contributed by atoms with van der Waals surface area (Å²) in [4.78, 5) is 19.5. The summed E-state index contributed by atoms with van der Waals surface area (Å²) in [5.41, 5.74) is 0.984. The zero-order valence-corrected chi connectivity index (χ0v) is 14.7. The molecule has 2 aromatic carbocycles. The van der Waals surface area contributed by atoms with Gasteiger partial charge in [0.2, 0.25) is 5.88 Å². The third kappa shape index (κ3) is 5.11. The maximum Gasteiger partial charge on any atom is 0.331 e. The molecule has 1 atom stereocenters. The van der Waals surface area contributed by atoms with Gasteiger partial charge in [-0.3, -0.25) is 0 Å². The summed E-state index contributed by atoms with van der Waals surface area (Å²) in [6.45, 7) is 1.48. The van der Waals surface area contributed by atoms with Crippen LogP contribution in [0.1, 0.15) is 6.92 Å². The third-order valence-electron chi connectivity index (χ3n) is 3.49. The van der Waals surface area contributed by atoms with Crippen LogP contribution in [0.15, 0.2) is 48.7 Å². The van der Waals surface area contributed by atoms with E-state index in [9.17, 15) is 9.18 Å². The van der Waals surface area contributed by atoms with Crippen molar-refractivity contribution in [2.75, 3.05) is 13.7 Å². The molecule has 0 bridgehead atoms. The number of rotatable bonds is 7. The van der Waals surface area contributed by atoms with Gasteiger partial charge in [-0.05, 0) is 43.3 Å². The van der Waals surface area contributed by atoms with Gasteiger partial charge in [-0.25, -0.2) is 19.2 Å². The van der Waals surface area contributed by atoms with Crippen molar-refractivity contribution >= 4 is 17.0 Å². The number of fused-ring (bicyclic) bond motifs is 1. The number of aromatic nitrogens is 2. The second kappa shape index (κ2) is 8.41. The first kappa shape index (κ1) is 18.5. The number of methoxy groups -OCH3 is 1. The van der Waals surface area contributed by atoms with Gasteiger partial charge >= 0.3 is 5.97 Å². The van der Waals surface area contributed by atoms with Crippen molar-refractivity contribution in [3.05, 3.63) is 54.5 Å². The van der Waals surface area contributed by atoms with Gasteiger partial charge in [0.15, 0.2) is 6.29 Å². The fourth-order valence-corrected chi connectivity index (χ4v) is 2.19. The fraction of sp³-hybridized carbons (Fsp3) is 0.211. The van der Waals surface area contributed by atoms with E-state index < -0.39 is 12.3 Å². The number of esters is 1. The summed E-state index contributed by atoms with van der Waals surface area (Å²) in [5.74, 6) is 0.512. The van der Waals surface area contributed by atoms with Gasteiger partial charge in [0, 0.05) is 6.07 Å². The molecule has 3 rings (SSSR count). The van der Waals surface area contributed by atoms with Crippen LogP contribution in [0.4, 0.5) is 4.39 Å². The molecule has 0 amide bonds. The third-order valence-corrected chi connectivity index (χ3v) is 3.49. The monoisotopic (exact) mass is 372 g/mol. The van der Waals surface area contributed by atoms with Crippen molar-refractivity contribution in [3.8, 4) is 17.4 Å². The number of hydrogen-bond donors (Lipinski definition) is 0. The lowest BCUT2D eigenvalue weighted by molar-refractivity contribution is -0.154. The maximum atomic E-state index is 13.2. The molecule has 3 aromatic rings. The zero-order chi connectivity index (χ0) is 19.2. The van der Waals surface area contributed by atoms with Crippen LogP contribution in [0.2, 0.25) is 0 Å². The van der Waals surface area contributed by atoms with Crippen LogP contribution in [0, 0.1) is 5.82 Å². The van der Waals surface area contributed by atoms with Crippen molar-refractivity contribution in [3.63, 3.8) is 0 Å². The summed E-state index contributed by atoms with van der Waals surface area (Å²) in [6.07, 6.45) is 0.803. The number of benzene rings is 2. The Labute approximate surface area is 154 Å². The Bertz CT molecular complexity index is 933. The lowest BCUT2D eigenvalue weighted by atomic mass is 10.3. The summed E-state index contributed by atoms with van der Waals surface area (Å²) in [6, 6.07) is 10.9.